The lowest BCUT2D eigenvalue weighted by atomic mass is 10.1. The number of rotatable bonds is 3. The Hall–Kier alpha value is -1.39. The van der Waals surface area contributed by atoms with Gasteiger partial charge in [-0.2, -0.15) is 0 Å². The van der Waals surface area contributed by atoms with E-state index in [2.05, 4.69) is 4.84 Å². The molecule has 4 heteroatoms. The number of amides is 1. The number of hydrogen-bond acceptors (Lipinski definition) is 3. The molecule has 1 heterocycles. The molecule has 98 valence electrons. The van der Waals surface area contributed by atoms with E-state index >= 15 is 0 Å². The Morgan fingerprint density at radius 3 is 2.89 bits per heavy atom. The molecule has 1 aliphatic heterocycles. The molecule has 0 aromatic heterocycles. The fourth-order valence-electron chi connectivity index (χ4n) is 2.35. The third-order valence-corrected chi connectivity index (χ3v) is 3.66. The first-order valence-corrected chi connectivity index (χ1v) is 6.30. The standard InChI is InChI=1S/C14H20N2O2/c1-10-3-4-13(7-11(10)2)14(17)16-6-5-12(8-16)9-18-15/h3-4,7,12H,5-6,8-9,15H2,1-2H3. The van der Waals surface area contributed by atoms with E-state index in [0.29, 0.717) is 12.5 Å². The molecule has 1 unspecified atom stereocenters. The molecule has 1 aromatic rings. The number of aryl methyl sites for hydroxylation is 2. The number of nitrogens with zero attached hydrogens (tertiary/aromatic N) is 1. The van der Waals surface area contributed by atoms with Crippen molar-refractivity contribution >= 4 is 5.91 Å². The van der Waals surface area contributed by atoms with Crippen molar-refractivity contribution in [1.82, 2.24) is 4.90 Å². The van der Waals surface area contributed by atoms with Crippen LogP contribution < -0.4 is 5.90 Å². The Morgan fingerprint density at radius 1 is 1.44 bits per heavy atom. The third-order valence-electron chi connectivity index (χ3n) is 3.66. The van der Waals surface area contributed by atoms with Crippen LogP contribution in [0, 0.1) is 19.8 Å². The topological polar surface area (TPSA) is 55.6 Å². The van der Waals surface area contributed by atoms with Gasteiger partial charge in [0.2, 0.25) is 0 Å². The summed E-state index contributed by atoms with van der Waals surface area (Å²) in [6.07, 6.45) is 0.966. The van der Waals surface area contributed by atoms with Crippen LogP contribution in [0.2, 0.25) is 0 Å². The zero-order chi connectivity index (χ0) is 13.1. The summed E-state index contributed by atoms with van der Waals surface area (Å²) in [5.41, 5.74) is 3.14. The van der Waals surface area contributed by atoms with Crippen molar-refractivity contribution < 1.29 is 9.63 Å². The fourth-order valence-corrected chi connectivity index (χ4v) is 2.35. The molecule has 2 rings (SSSR count). The molecule has 1 saturated heterocycles. The van der Waals surface area contributed by atoms with Crippen molar-refractivity contribution in [1.29, 1.82) is 0 Å². The Labute approximate surface area is 108 Å². The van der Waals surface area contributed by atoms with E-state index in [0.717, 1.165) is 30.6 Å². The monoisotopic (exact) mass is 248 g/mol. The summed E-state index contributed by atoms with van der Waals surface area (Å²) in [7, 11) is 0. The summed E-state index contributed by atoms with van der Waals surface area (Å²) < 4.78 is 0. The lowest BCUT2D eigenvalue weighted by molar-refractivity contribution is 0.0754. The maximum absolute atomic E-state index is 12.3. The van der Waals surface area contributed by atoms with Gasteiger partial charge in [-0.1, -0.05) is 6.07 Å². The van der Waals surface area contributed by atoms with Gasteiger partial charge in [-0.15, -0.1) is 0 Å². The van der Waals surface area contributed by atoms with Crippen molar-refractivity contribution in [3.05, 3.63) is 34.9 Å². The first kappa shape index (κ1) is 13.1. The number of nitrogens with two attached hydrogens (primary N) is 1. The van der Waals surface area contributed by atoms with Gasteiger partial charge in [-0.05, 0) is 43.5 Å². The molecule has 1 aromatic carbocycles. The minimum atomic E-state index is 0.109. The molecule has 0 aliphatic carbocycles. The van der Waals surface area contributed by atoms with E-state index in [1.54, 1.807) is 0 Å². The summed E-state index contributed by atoms with van der Waals surface area (Å²) >= 11 is 0. The summed E-state index contributed by atoms with van der Waals surface area (Å²) in [6, 6.07) is 5.86. The lowest BCUT2D eigenvalue weighted by Crippen LogP contribution is -2.29. The second kappa shape index (κ2) is 5.50. The van der Waals surface area contributed by atoms with Crippen LogP contribution in [0.1, 0.15) is 27.9 Å². The molecule has 1 aliphatic rings. The Kier molecular flexibility index (Phi) is 3.99. The molecule has 0 spiro atoms. The lowest BCUT2D eigenvalue weighted by Gasteiger charge is -2.17. The van der Waals surface area contributed by atoms with Crippen LogP contribution in [0.15, 0.2) is 18.2 Å². The molecule has 2 N–H and O–H groups in total. The highest BCUT2D eigenvalue weighted by molar-refractivity contribution is 5.94. The highest BCUT2D eigenvalue weighted by Crippen LogP contribution is 2.19. The maximum atomic E-state index is 12.3. The van der Waals surface area contributed by atoms with Gasteiger partial charge in [-0.25, -0.2) is 5.90 Å². The minimum Gasteiger partial charge on any atom is -0.338 e. The number of carbonyl (C=O) groups excluding carboxylic acids is 1. The van der Waals surface area contributed by atoms with Crippen LogP contribution in [0.5, 0.6) is 0 Å². The molecule has 0 saturated carbocycles. The molecular weight excluding hydrogens is 228 g/mol. The maximum Gasteiger partial charge on any atom is 0.253 e. The average Bonchev–Trinajstić information content (AvgIpc) is 2.81. The van der Waals surface area contributed by atoms with Crippen molar-refractivity contribution in [2.45, 2.75) is 20.3 Å². The minimum absolute atomic E-state index is 0.109. The molecule has 1 atom stereocenters. The normalized spacial score (nSPS) is 19.3. The molecule has 4 nitrogen and oxygen atoms in total. The van der Waals surface area contributed by atoms with Gasteiger partial charge in [0.15, 0.2) is 0 Å². The van der Waals surface area contributed by atoms with Crippen LogP contribution in [-0.2, 0) is 4.84 Å². The fraction of sp³-hybridized carbons (Fsp3) is 0.500. The van der Waals surface area contributed by atoms with Crippen molar-refractivity contribution in [2.24, 2.45) is 11.8 Å². The summed E-state index contributed by atoms with van der Waals surface area (Å²) in [5.74, 6) is 5.55. The van der Waals surface area contributed by atoms with E-state index in [1.807, 2.05) is 36.9 Å². The van der Waals surface area contributed by atoms with Gasteiger partial charge >= 0.3 is 0 Å². The zero-order valence-electron chi connectivity index (χ0n) is 11.0. The second-order valence-corrected chi connectivity index (χ2v) is 5.04. The molecule has 1 fully saturated rings. The zero-order valence-corrected chi connectivity index (χ0v) is 11.0. The van der Waals surface area contributed by atoms with Gasteiger partial charge in [0.25, 0.3) is 5.91 Å². The predicted octanol–water partition coefficient (Wildman–Crippen LogP) is 1.66. The number of likely N-dealkylation sites (tertiary alicyclic amines) is 1. The summed E-state index contributed by atoms with van der Waals surface area (Å²) in [4.78, 5) is 18.9. The van der Waals surface area contributed by atoms with Crippen LogP contribution >= 0.6 is 0 Å². The summed E-state index contributed by atoms with van der Waals surface area (Å²) in [6.45, 7) is 6.13. The summed E-state index contributed by atoms with van der Waals surface area (Å²) in [5, 5.41) is 0. The van der Waals surface area contributed by atoms with Gasteiger partial charge in [-0.3, -0.25) is 4.79 Å². The second-order valence-electron chi connectivity index (χ2n) is 5.04. The van der Waals surface area contributed by atoms with Crippen molar-refractivity contribution in [3.8, 4) is 0 Å². The largest absolute Gasteiger partial charge is 0.338 e. The SMILES string of the molecule is Cc1ccc(C(=O)N2CCC(CON)C2)cc1C. The molecule has 18 heavy (non-hydrogen) atoms. The number of hydrogen-bond donors (Lipinski definition) is 1. The molecular formula is C14H20N2O2. The van der Waals surface area contributed by atoms with Crippen LogP contribution in [0.25, 0.3) is 0 Å². The highest BCUT2D eigenvalue weighted by Gasteiger charge is 2.26. The molecule has 1 amide bonds. The van der Waals surface area contributed by atoms with Gasteiger partial charge in [0.1, 0.15) is 0 Å². The van der Waals surface area contributed by atoms with Gasteiger partial charge < -0.3 is 9.74 Å². The van der Waals surface area contributed by atoms with E-state index in [4.69, 9.17) is 5.90 Å². The predicted molar refractivity (Wildman–Crippen MR) is 70.1 cm³/mol. The van der Waals surface area contributed by atoms with E-state index in [-0.39, 0.29) is 5.91 Å². The third kappa shape index (κ3) is 2.71. The van der Waals surface area contributed by atoms with Crippen LogP contribution in [0.3, 0.4) is 0 Å². The molecule has 0 radical (unpaired) electrons. The number of carbonyl (C=O) groups is 1. The first-order valence-electron chi connectivity index (χ1n) is 6.30. The van der Waals surface area contributed by atoms with Gasteiger partial charge in [0, 0.05) is 24.6 Å². The Balaban J connectivity index is 2.05. The van der Waals surface area contributed by atoms with E-state index < -0.39 is 0 Å². The van der Waals surface area contributed by atoms with Crippen molar-refractivity contribution in [3.63, 3.8) is 0 Å². The van der Waals surface area contributed by atoms with Crippen LogP contribution in [-0.4, -0.2) is 30.5 Å². The van der Waals surface area contributed by atoms with E-state index in [1.165, 1.54) is 5.56 Å². The van der Waals surface area contributed by atoms with Crippen LogP contribution in [0.4, 0.5) is 0 Å². The smallest absolute Gasteiger partial charge is 0.253 e. The van der Waals surface area contributed by atoms with Gasteiger partial charge in [0.05, 0.1) is 6.61 Å². The first-order chi connectivity index (χ1) is 8.61. The quantitative estimate of drug-likeness (QED) is 0.828. The Morgan fingerprint density at radius 2 is 2.22 bits per heavy atom. The average molecular weight is 248 g/mol. The molecule has 0 bridgehead atoms. The number of benzene rings is 1. The Bertz CT molecular complexity index is 445. The van der Waals surface area contributed by atoms with E-state index in [9.17, 15) is 4.79 Å². The van der Waals surface area contributed by atoms with Crippen molar-refractivity contribution in [2.75, 3.05) is 19.7 Å². The highest BCUT2D eigenvalue weighted by atomic mass is 16.6.